The summed E-state index contributed by atoms with van der Waals surface area (Å²) in [5.41, 5.74) is 8.63. The van der Waals surface area contributed by atoms with Crippen molar-refractivity contribution in [1.29, 1.82) is 0 Å². The molecule has 3 N–H and O–H groups in total. The standard InChI is InChI=1S/C26H38N8OS/c1-19-6-5-11-33(19)22-14-20(15-24(16-22)36-29-3)7-10-30-25(27)26(28-2)35-23-17-31-34(18-23)21-8-12-32(4)13-9-21/h10,14-19,21,29H,2,5-9,11-13,27H2,1,3-4H3/b26-25+,30-10-. The second-order valence-electron chi connectivity index (χ2n) is 9.48. The molecule has 194 valence electrons. The average molecular weight is 511 g/mol. The molecule has 2 fully saturated rings. The van der Waals surface area contributed by atoms with Crippen LogP contribution in [0.4, 0.5) is 5.69 Å². The summed E-state index contributed by atoms with van der Waals surface area (Å²) in [6.45, 7) is 9.13. The molecule has 0 bridgehead atoms. The van der Waals surface area contributed by atoms with E-state index in [9.17, 15) is 0 Å². The van der Waals surface area contributed by atoms with Crippen molar-refractivity contribution in [2.45, 2.75) is 56.0 Å². The smallest absolute Gasteiger partial charge is 0.262 e. The fourth-order valence-corrected chi connectivity index (χ4v) is 5.46. The summed E-state index contributed by atoms with van der Waals surface area (Å²) in [6, 6.07) is 7.61. The molecule has 0 amide bonds. The predicted molar refractivity (Wildman–Crippen MR) is 149 cm³/mol. The third-order valence-electron chi connectivity index (χ3n) is 6.83. The third kappa shape index (κ3) is 6.68. The van der Waals surface area contributed by atoms with Gasteiger partial charge in [-0.1, -0.05) is 0 Å². The van der Waals surface area contributed by atoms with Crippen LogP contribution >= 0.6 is 11.9 Å². The summed E-state index contributed by atoms with van der Waals surface area (Å²) in [4.78, 5) is 14.4. The fraction of sp³-hybridized carbons (Fsp3) is 0.500. The molecule has 0 spiro atoms. The van der Waals surface area contributed by atoms with E-state index < -0.39 is 0 Å². The van der Waals surface area contributed by atoms with Crippen LogP contribution in [-0.4, -0.2) is 67.4 Å². The Morgan fingerprint density at radius 2 is 2.08 bits per heavy atom. The van der Waals surface area contributed by atoms with E-state index in [1.807, 2.05) is 17.9 Å². The van der Waals surface area contributed by atoms with Crippen molar-refractivity contribution in [3.05, 3.63) is 47.9 Å². The summed E-state index contributed by atoms with van der Waals surface area (Å²) < 4.78 is 11.0. The molecule has 36 heavy (non-hydrogen) atoms. The van der Waals surface area contributed by atoms with Crippen molar-refractivity contribution in [2.24, 2.45) is 15.7 Å². The normalized spacial score (nSPS) is 20.2. The molecule has 1 atom stereocenters. The van der Waals surface area contributed by atoms with Crippen LogP contribution in [0.25, 0.3) is 0 Å². The van der Waals surface area contributed by atoms with Gasteiger partial charge in [-0.15, -0.1) is 0 Å². The molecule has 4 rings (SSSR count). The zero-order valence-electron chi connectivity index (χ0n) is 21.6. The van der Waals surface area contributed by atoms with Gasteiger partial charge in [0.1, 0.15) is 0 Å². The van der Waals surface area contributed by atoms with E-state index in [4.69, 9.17) is 10.5 Å². The number of ether oxygens (including phenoxy) is 1. The van der Waals surface area contributed by atoms with Crippen LogP contribution in [0.1, 0.15) is 44.2 Å². The third-order valence-corrected chi connectivity index (χ3v) is 7.51. The van der Waals surface area contributed by atoms with E-state index in [0.29, 0.717) is 24.3 Å². The lowest BCUT2D eigenvalue weighted by molar-refractivity contribution is 0.212. The molecule has 1 aromatic carbocycles. The minimum absolute atomic E-state index is 0.181. The lowest BCUT2D eigenvalue weighted by atomic mass is 10.1. The lowest BCUT2D eigenvalue weighted by Crippen LogP contribution is -2.31. The number of hydrogen-bond acceptors (Lipinski definition) is 9. The number of benzene rings is 1. The molecular formula is C26H38N8OS. The van der Waals surface area contributed by atoms with Gasteiger partial charge in [-0.05, 0) is 102 Å². The molecule has 1 aromatic heterocycles. The maximum absolute atomic E-state index is 6.20. The summed E-state index contributed by atoms with van der Waals surface area (Å²) in [6.07, 6.45) is 10.6. The predicted octanol–water partition coefficient (Wildman–Crippen LogP) is 3.84. The average Bonchev–Trinajstić information content (AvgIpc) is 3.52. The maximum atomic E-state index is 6.20. The largest absolute Gasteiger partial charge is 0.433 e. The summed E-state index contributed by atoms with van der Waals surface area (Å²) in [5, 5.41) is 4.48. The molecule has 2 aromatic rings. The van der Waals surface area contributed by atoms with Crippen molar-refractivity contribution >= 4 is 30.6 Å². The highest BCUT2D eigenvalue weighted by Crippen LogP contribution is 2.30. The minimum Gasteiger partial charge on any atom is -0.433 e. The van der Waals surface area contributed by atoms with Gasteiger partial charge >= 0.3 is 0 Å². The molecule has 3 heterocycles. The van der Waals surface area contributed by atoms with Gasteiger partial charge < -0.3 is 20.3 Å². The van der Waals surface area contributed by atoms with E-state index in [1.165, 1.54) is 29.0 Å². The summed E-state index contributed by atoms with van der Waals surface area (Å²) in [5.74, 6) is 0.946. The Balaban J connectivity index is 1.42. The number of anilines is 1. The van der Waals surface area contributed by atoms with E-state index in [1.54, 1.807) is 24.4 Å². The van der Waals surface area contributed by atoms with Crippen LogP contribution in [0, 0.1) is 0 Å². The topological polar surface area (TPSA) is 96.3 Å². The Labute approximate surface area is 218 Å². The van der Waals surface area contributed by atoms with Crippen molar-refractivity contribution in [3.63, 3.8) is 0 Å². The monoisotopic (exact) mass is 510 g/mol. The van der Waals surface area contributed by atoms with Crippen LogP contribution < -0.4 is 20.1 Å². The summed E-state index contributed by atoms with van der Waals surface area (Å²) in [7, 11) is 4.08. The van der Waals surface area contributed by atoms with Crippen LogP contribution in [0.15, 0.2) is 57.2 Å². The van der Waals surface area contributed by atoms with Crippen molar-refractivity contribution in [3.8, 4) is 5.75 Å². The van der Waals surface area contributed by atoms with Crippen LogP contribution in [0.2, 0.25) is 0 Å². The Morgan fingerprint density at radius 3 is 2.78 bits per heavy atom. The Kier molecular flexibility index (Phi) is 9.06. The molecule has 9 nitrogen and oxygen atoms in total. The number of aliphatic imine (C=N–C) groups is 2. The Hall–Kier alpha value is -2.82. The van der Waals surface area contributed by atoms with E-state index in [0.717, 1.165) is 32.5 Å². The van der Waals surface area contributed by atoms with Crippen LogP contribution in [-0.2, 0) is 6.42 Å². The van der Waals surface area contributed by atoms with Gasteiger partial charge in [0.25, 0.3) is 5.88 Å². The van der Waals surface area contributed by atoms with Gasteiger partial charge in [-0.3, -0.25) is 9.40 Å². The first-order chi connectivity index (χ1) is 17.5. The van der Waals surface area contributed by atoms with E-state index in [-0.39, 0.29) is 11.7 Å². The summed E-state index contributed by atoms with van der Waals surface area (Å²) >= 11 is 1.62. The molecular weight excluding hydrogens is 472 g/mol. The number of nitrogens with one attached hydrogen (secondary N) is 1. The van der Waals surface area contributed by atoms with Crippen LogP contribution in [0.5, 0.6) is 5.75 Å². The number of nitrogens with zero attached hydrogens (tertiary/aromatic N) is 6. The van der Waals surface area contributed by atoms with Gasteiger partial charge in [-0.25, -0.2) is 9.98 Å². The van der Waals surface area contributed by atoms with Gasteiger partial charge in [-0.2, -0.15) is 5.10 Å². The lowest BCUT2D eigenvalue weighted by Gasteiger charge is -2.28. The first kappa shape index (κ1) is 26.2. The number of hydrogen-bond donors (Lipinski definition) is 2. The highest BCUT2D eigenvalue weighted by atomic mass is 32.2. The maximum Gasteiger partial charge on any atom is 0.262 e. The second kappa shape index (κ2) is 12.4. The molecule has 0 aliphatic carbocycles. The number of nitrogens with two attached hydrogens (primary N) is 1. The van der Waals surface area contributed by atoms with Gasteiger partial charge in [0.2, 0.25) is 0 Å². The SMILES string of the molecule is C=N/C(Oc1cnn(C2CCN(C)CC2)c1)=C(N)\N=C/Cc1cc(SNC)cc(N2CCCC2C)c1. The quantitative estimate of drug-likeness (QED) is 0.285. The highest BCUT2D eigenvalue weighted by molar-refractivity contribution is 7.97. The molecule has 10 heteroatoms. The van der Waals surface area contributed by atoms with Gasteiger partial charge in [0.15, 0.2) is 11.6 Å². The Morgan fingerprint density at radius 1 is 1.28 bits per heavy atom. The zero-order valence-corrected chi connectivity index (χ0v) is 22.4. The number of piperidine rings is 1. The van der Waals surface area contributed by atoms with Crippen molar-refractivity contribution < 1.29 is 4.74 Å². The first-order valence-electron chi connectivity index (χ1n) is 12.6. The van der Waals surface area contributed by atoms with E-state index >= 15 is 0 Å². The van der Waals surface area contributed by atoms with Gasteiger partial charge in [0.05, 0.1) is 18.4 Å². The second-order valence-corrected chi connectivity index (χ2v) is 10.6. The minimum atomic E-state index is 0.181. The number of likely N-dealkylation sites (tertiary alicyclic amines) is 1. The first-order valence-corrected chi connectivity index (χ1v) is 13.4. The molecule has 0 radical (unpaired) electrons. The van der Waals surface area contributed by atoms with E-state index in [2.05, 4.69) is 68.5 Å². The molecule has 2 saturated heterocycles. The number of rotatable bonds is 10. The van der Waals surface area contributed by atoms with Crippen LogP contribution in [0.3, 0.4) is 0 Å². The molecule has 0 saturated carbocycles. The molecule has 1 unspecified atom stereocenters. The van der Waals surface area contributed by atoms with Gasteiger partial charge in [0, 0.05) is 35.8 Å². The fourth-order valence-electron chi connectivity index (χ4n) is 4.84. The molecule has 2 aliphatic heterocycles. The highest BCUT2D eigenvalue weighted by Gasteiger charge is 2.21. The Bertz CT molecular complexity index is 1090. The van der Waals surface area contributed by atoms with Crippen molar-refractivity contribution in [1.82, 2.24) is 19.4 Å². The number of aromatic nitrogens is 2. The molecule has 2 aliphatic rings. The van der Waals surface area contributed by atoms with Crippen molar-refractivity contribution in [2.75, 3.05) is 38.6 Å². The zero-order chi connectivity index (χ0) is 25.5.